The second-order valence-electron chi connectivity index (χ2n) is 9.81. The maximum atomic E-state index is 6.62. The fraction of sp³-hybridized carbons (Fsp3) is 0.156. The minimum atomic E-state index is -0.0514. The normalized spacial score (nSPS) is 14.5. The largest absolute Gasteiger partial charge is 0.398 e. The van der Waals surface area contributed by atoms with Crippen LogP contribution < -0.4 is 11.5 Å². The van der Waals surface area contributed by atoms with Crippen molar-refractivity contribution in [2.75, 3.05) is 0 Å². The highest BCUT2D eigenvalue weighted by Gasteiger charge is 2.36. The number of aryl methyl sites for hydroxylation is 2. The van der Waals surface area contributed by atoms with Crippen LogP contribution in [0.5, 0.6) is 0 Å². The van der Waals surface area contributed by atoms with Gasteiger partial charge in [0.2, 0.25) is 0 Å². The van der Waals surface area contributed by atoms with Gasteiger partial charge in [-0.15, -0.1) is 0 Å². The summed E-state index contributed by atoms with van der Waals surface area (Å²) < 4.78 is 0. The van der Waals surface area contributed by atoms with Crippen LogP contribution in [-0.4, -0.2) is 4.98 Å². The summed E-state index contributed by atoms with van der Waals surface area (Å²) in [5.41, 5.74) is 25.8. The number of aromatic nitrogens is 1. The number of nitrogens with two attached hydrogens (primary N) is 2. The summed E-state index contributed by atoms with van der Waals surface area (Å²) in [6.07, 6.45) is 3.81. The summed E-state index contributed by atoms with van der Waals surface area (Å²) in [6.45, 7) is 8.60. The zero-order valence-electron chi connectivity index (χ0n) is 20.8. The van der Waals surface area contributed by atoms with E-state index in [2.05, 4.69) is 79.5 Å². The Kier molecular flexibility index (Phi) is 5.56. The van der Waals surface area contributed by atoms with Crippen molar-refractivity contribution in [2.45, 2.75) is 33.1 Å². The van der Waals surface area contributed by atoms with Crippen LogP contribution in [0.1, 0.15) is 47.5 Å². The molecule has 1 heterocycles. The first-order valence-electron chi connectivity index (χ1n) is 12.0. The van der Waals surface area contributed by atoms with Crippen LogP contribution in [0.3, 0.4) is 0 Å². The Bertz CT molecular complexity index is 1490. The topological polar surface area (TPSA) is 64.9 Å². The predicted octanol–water partition coefficient (Wildman–Crippen LogP) is 6.97. The van der Waals surface area contributed by atoms with E-state index in [4.69, 9.17) is 11.5 Å². The molecule has 5 rings (SSSR count). The molecule has 0 unspecified atom stereocenters. The van der Waals surface area contributed by atoms with E-state index in [1.807, 2.05) is 44.2 Å². The molecule has 1 aliphatic rings. The first-order valence-corrected chi connectivity index (χ1v) is 12.0. The van der Waals surface area contributed by atoms with E-state index in [-0.39, 0.29) is 5.41 Å². The third kappa shape index (κ3) is 3.93. The molecule has 4 N–H and O–H groups in total. The molecule has 0 saturated heterocycles. The molecule has 0 bridgehead atoms. The summed E-state index contributed by atoms with van der Waals surface area (Å²) in [5.74, 6) is 0. The van der Waals surface area contributed by atoms with Crippen molar-refractivity contribution in [1.29, 1.82) is 0 Å². The molecule has 0 radical (unpaired) electrons. The molecule has 0 fully saturated rings. The van der Waals surface area contributed by atoms with Gasteiger partial charge in [-0.2, -0.15) is 0 Å². The van der Waals surface area contributed by atoms with Crippen LogP contribution in [0.2, 0.25) is 0 Å². The number of allylic oxidation sites excluding steroid dienone is 2. The quantitative estimate of drug-likeness (QED) is 0.325. The summed E-state index contributed by atoms with van der Waals surface area (Å²) in [6, 6.07) is 27.4. The van der Waals surface area contributed by atoms with Gasteiger partial charge in [-0.1, -0.05) is 86.6 Å². The second-order valence-corrected chi connectivity index (χ2v) is 9.81. The summed E-state index contributed by atoms with van der Waals surface area (Å²) in [5, 5.41) is 0. The van der Waals surface area contributed by atoms with Crippen LogP contribution in [0.15, 0.2) is 91.0 Å². The summed E-state index contributed by atoms with van der Waals surface area (Å²) in [4.78, 5) is 4.58. The third-order valence-electron chi connectivity index (χ3n) is 7.12. The molecule has 0 aliphatic heterocycles. The Balaban J connectivity index is 1.46. The molecule has 0 saturated carbocycles. The zero-order chi connectivity index (χ0) is 24.7. The first-order chi connectivity index (χ1) is 16.8. The van der Waals surface area contributed by atoms with Crippen molar-refractivity contribution in [2.24, 2.45) is 11.5 Å². The van der Waals surface area contributed by atoms with Gasteiger partial charge in [-0.3, -0.25) is 4.98 Å². The number of hydrogen-bond donors (Lipinski definition) is 2. The van der Waals surface area contributed by atoms with Crippen LogP contribution in [0.4, 0.5) is 0 Å². The molecule has 174 valence electrons. The van der Waals surface area contributed by atoms with Crippen LogP contribution >= 0.6 is 0 Å². The van der Waals surface area contributed by atoms with Gasteiger partial charge in [0.25, 0.3) is 0 Å². The number of pyridine rings is 1. The van der Waals surface area contributed by atoms with E-state index >= 15 is 0 Å². The van der Waals surface area contributed by atoms with Gasteiger partial charge in [-0.25, -0.2) is 0 Å². The fourth-order valence-electron chi connectivity index (χ4n) is 5.19. The number of rotatable bonds is 4. The van der Waals surface area contributed by atoms with Crippen molar-refractivity contribution in [1.82, 2.24) is 4.98 Å². The Morgan fingerprint density at radius 1 is 0.714 bits per heavy atom. The number of benzene rings is 3. The van der Waals surface area contributed by atoms with Crippen molar-refractivity contribution in [3.8, 4) is 22.3 Å². The molecule has 0 amide bonds. The predicted molar refractivity (Wildman–Crippen MR) is 147 cm³/mol. The van der Waals surface area contributed by atoms with Crippen LogP contribution in [0, 0.1) is 13.8 Å². The van der Waals surface area contributed by atoms with Gasteiger partial charge in [0, 0.05) is 39.3 Å². The standard InChI is InChI=1S/C32H31N3/c1-20-12-17-24(21(2)35-20)22-13-15-23(16-14-22)29(33)18-19-30(34)26-9-7-11-28-31(26)25-8-5-6-10-27(25)32(28,3)4/h5-19H,33-34H2,1-4H3/b29-18-,30-19-. The van der Waals surface area contributed by atoms with Crippen molar-refractivity contribution >= 4 is 11.4 Å². The van der Waals surface area contributed by atoms with Gasteiger partial charge >= 0.3 is 0 Å². The fourth-order valence-corrected chi connectivity index (χ4v) is 5.19. The summed E-state index contributed by atoms with van der Waals surface area (Å²) in [7, 11) is 0. The molecule has 1 aromatic heterocycles. The maximum Gasteiger partial charge on any atom is 0.0454 e. The minimum Gasteiger partial charge on any atom is -0.398 e. The van der Waals surface area contributed by atoms with Crippen LogP contribution in [0.25, 0.3) is 33.6 Å². The number of nitrogens with zero attached hydrogens (tertiary/aromatic N) is 1. The molecule has 0 spiro atoms. The average Bonchev–Trinajstić information content (AvgIpc) is 3.10. The molecule has 4 aromatic rings. The third-order valence-corrected chi connectivity index (χ3v) is 7.12. The molecule has 3 heteroatoms. The lowest BCUT2D eigenvalue weighted by molar-refractivity contribution is 0.660. The maximum absolute atomic E-state index is 6.62. The zero-order valence-corrected chi connectivity index (χ0v) is 20.8. The van der Waals surface area contributed by atoms with E-state index in [0.717, 1.165) is 33.6 Å². The lowest BCUT2D eigenvalue weighted by Crippen LogP contribution is -2.15. The van der Waals surface area contributed by atoms with Crippen LogP contribution in [-0.2, 0) is 5.41 Å². The number of fused-ring (bicyclic) bond motifs is 3. The van der Waals surface area contributed by atoms with Crippen molar-refractivity contribution in [3.05, 3.63) is 125 Å². The molecular formula is C32H31N3. The Morgan fingerprint density at radius 3 is 2.14 bits per heavy atom. The van der Waals surface area contributed by atoms with Gasteiger partial charge in [0.05, 0.1) is 0 Å². The molecular weight excluding hydrogens is 426 g/mol. The highest BCUT2D eigenvalue weighted by atomic mass is 14.7. The highest BCUT2D eigenvalue weighted by Crippen LogP contribution is 2.50. The van der Waals surface area contributed by atoms with Crippen molar-refractivity contribution < 1.29 is 0 Å². The smallest absolute Gasteiger partial charge is 0.0454 e. The van der Waals surface area contributed by atoms with E-state index in [1.54, 1.807) is 0 Å². The SMILES string of the molecule is Cc1ccc(-c2ccc(/C(N)=C/C=C(\N)c3cccc4c3-c3ccccc3C4(C)C)cc2)c(C)n1. The molecule has 1 aliphatic carbocycles. The van der Waals surface area contributed by atoms with Gasteiger partial charge in [0.1, 0.15) is 0 Å². The Morgan fingerprint density at radius 2 is 1.40 bits per heavy atom. The van der Waals surface area contributed by atoms with E-state index in [1.165, 1.54) is 22.3 Å². The second kappa shape index (κ2) is 8.59. The molecule has 3 aromatic carbocycles. The monoisotopic (exact) mass is 457 g/mol. The van der Waals surface area contributed by atoms with E-state index in [9.17, 15) is 0 Å². The Labute approximate surface area is 207 Å². The molecule has 0 atom stereocenters. The van der Waals surface area contributed by atoms with Gasteiger partial charge in [0.15, 0.2) is 0 Å². The highest BCUT2D eigenvalue weighted by molar-refractivity contribution is 5.90. The average molecular weight is 458 g/mol. The lowest BCUT2D eigenvalue weighted by Gasteiger charge is -2.21. The lowest BCUT2D eigenvalue weighted by atomic mass is 9.82. The van der Waals surface area contributed by atoms with E-state index in [0.29, 0.717) is 11.4 Å². The van der Waals surface area contributed by atoms with Crippen molar-refractivity contribution in [3.63, 3.8) is 0 Å². The first kappa shape index (κ1) is 22.7. The van der Waals surface area contributed by atoms with Gasteiger partial charge in [-0.05, 0) is 65.4 Å². The van der Waals surface area contributed by atoms with E-state index < -0.39 is 0 Å². The molecule has 3 nitrogen and oxygen atoms in total. The number of hydrogen-bond acceptors (Lipinski definition) is 3. The summed E-state index contributed by atoms with van der Waals surface area (Å²) >= 11 is 0. The molecule has 35 heavy (non-hydrogen) atoms. The van der Waals surface area contributed by atoms with Gasteiger partial charge < -0.3 is 11.5 Å². The minimum absolute atomic E-state index is 0.0514. The Hall–Kier alpha value is -4.11.